The number of benzene rings is 23. The van der Waals surface area contributed by atoms with Crippen LogP contribution < -0.4 is 47.7 Å². The fourth-order valence-corrected chi connectivity index (χ4v) is 34.7. The molecule has 0 saturated carbocycles. The fourth-order valence-electron chi connectivity index (χ4n) is 23.4. The summed E-state index contributed by atoms with van der Waals surface area (Å²) in [6.07, 6.45) is 1.96. The lowest BCUT2D eigenvalue weighted by Crippen LogP contribution is -2.24. The third-order valence-electron chi connectivity index (χ3n) is 30.6. The first-order chi connectivity index (χ1) is 74.0. The lowest BCUT2D eigenvalue weighted by atomic mass is 9.99. The molecule has 0 N–H and O–H groups in total. The van der Waals surface area contributed by atoms with E-state index in [0.717, 1.165) is 105 Å². The second-order valence-corrected chi connectivity index (χ2v) is 52.1. The van der Waals surface area contributed by atoms with Gasteiger partial charge in [0.05, 0.1) is 66.4 Å². The zero-order chi connectivity index (χ0) is 99.4. The predicted octanol–water partition coefficient (Wildman–Crippen LogP) is 31.2. The largest absolute Gasteiger partial charge is 0.309 e. The Hall–Kier alpha value is -17.3. The fraction of sp³-hybridized carbons (Fsp3) is 0. The molecule has 0 aliphatic rings. The van der Waals surface area contributed by atoms with Gasteiger partial charge in [-0.15, -0.1) is 0 Å². The van der Waals surface area contributed by atoms with E-state index in [4.69, 9.17) is 55.4 Å². The van der Waals surface area contributed by atoms with Gasteiger partial charge >= 0.3 is 0 Å². The van der Waals surface area contributed by atoms with Gasteiger partial charge in [0.25, 0.3) is 0 Å². The lowest BCUT2D eigenvalue weighted by molar-refractivity contribution is 1.18. The average molecular weight is 2020 g/mol. The minimum Gasteiger partial charge on any atom is -0.309 e. The van der Waals surface area contributed by atoms with Crippen molar-refractivity contribution in [3.63, 3.8) is 0 Å². The van der Waals surface area contributed by atoms with E-state index in [1.807, 2.05) is 6.20 Å². The van der Waals surface area contributed by atoms with Gasteiger partial charge in [0.15, 0.2) is 0 Å². The third kappa shape index (κ3) is 14.3. The van der Waals surface area contributed by atoms with Crippen molar-refractivity contribution < 1.29 is 0 Å². The number of fused-ring (bicyclic) bond motifs is 34. The molecule has 31 rings (SSSR count). The van der Waals surface area contributed by atoms with Gasteiger partial charge in [-0.3, -0.25) is 18.2 Å². The summed E-state index contributed by atoms with van der Waals surface area (Å²) in [5, 5.41) is 35.7. The molecule has 8 aromatic heterocycles. The van der Waals surface area contributed by atoms with E-state index < -0.39 is 18.1 Å². The minimum absolute atomic E-state index is 0.944. The van der Waals surface area contributed by atoms with Gasteiger partial charge in [0.2, 0.25) is 0 Å². The van der Waals surface area contributed by atoms with Crippen LogP contribution in [-0.4, -0.2) is 37.7 Å². The Morgan fingerprint density at radius 2 is 0.527 bits per heavy atom. The Morgan fingerprint density at radius 3 is 1.07 bits per heavy atom. The maximum Gasteiger partial charge on any atom is 0.147 e. The predicted molar refractivity (Wildman–Crippen MR) is 652 cm³/mol. The van der Waals surface area contributed by atoms with E-state index in [1.54, 1.807) is 0 Å². The normalized spacial score (nSPS) is 12.2. The lowest BCUT2D eigenvalue weighted by Gasteiger charge is -2.25. The molecule has 0 amide bonds. The molecule has 0 aliphatic heterocycles. The zero-order valence-corrected chi connectivity index (χ0v) is 86.0. The van der Waals surface area contributed by atoms with Crippen molar-refractivity contribution in [2.75, 3.05) is 0 Å². The van der Waals surface area contributed by atoms with Crippen molar-refractivity contribution in [1.29, 1.82) is 0 Å². The molecule has 14 heteroatoms. The van der Waals surface area contributed by atoms with Crippen LogP contribution in [-0.2, 0) is 35.4 Å². The minimum atomic E-state index is -2.40. The molecule has 8 nitrogen and oxygen atoms in total. The molecule has 0 atom stereocenters. The summed E-state index contributed by atoms with van der Waals surface area (Å²) in [5.41, 5.74) is 20.2. The van der Waals surface area contributed by atoms with E-state index in [2.05, 4.69) is 539 Å². The molecular weight excluding hydrogens is 1930 g/mol. The molecule has 8 heterocycles. The maximum absolute atomic E-state index is 6.87. The smallest absolute Gasteiger partial charge is 0.147 e. The summed E-state index contributed by atoms with van der Waals surface area (Å²) < 4.78 is 9.49. The van der Waals surface area contributed by atoms with Crippen LogP contribution in [0.2, 0.25) is 0 Å². The molecule has 0 unspecified atom stereocenters. The first-order valence-electron chi connectivity index (χ1n) is 50.6. The summed E-state index contributed by atoms with van der Waals surface area (Å²) in [4.78, 5) is 20.9. The van der Waals surface area contributed by atoms with Crippen molar-refractivity contribution >= 4 is 292 Å². The van der Waals surface area contributed by atoms with Crippen molar-refractivity contribution in [3.05, 3.63) is 528 Å². The van der Waals surface area contributed by atoms with Crippen LogP contribution in [0.5, 0.6) is 0 Å². The molecule has 0 radical (unpaired) electrons. The molecule has 31 aromatic rings. The Kier molecular flexibility index (Phi) is 21.3. The van der Waals surface area contributed by atoms with Crippen molar-refractivity contribution in [1.82, 2.24) is 37.7 Å². The molecule has 0 fully saturated rings. The highest BCUT2D eigenvalue weighted by Gasteiger charge is 2.32. The van der Waals surface area contributed by atoms with Crippen LogP contribution in [0.4, 0.5) is 0 Å². The third-order valence-corrected chi connectivity index (χ3v) is 45.4. The second-order valence-electron chi connectivity index (χ2n) is 38.8. The number of aromatic nitrogens is 8. The van der Waals surface area contributed by atoms with Gasteiger partial charge in [-0.1, -0.05) is 442 Å². The summed E-state index contributed by atoms with van der Waals surface area (Å²) in [6, 6.07) is 180. The van der Waals surface area contributed by atoms with Crippen molar-refractivity contribution in [3.8, 4) is 28.1 Å². The molecule has 704 valence electrons. The van der Waals surface area contributed by atoms with E-state index in [-0.39, 0.29) is 0 Å². The van der Waals surface area contributed by atoms with Gasteiger partial charge in [-0.25, -0.2) is 15.0 Å². The number of para-hydroxylation sites is 2. The van der Waals surface area contributed by atoms with Crippen LogP contribution in [0.1, 0.15) is 0 Å². The number of rotatable bonds is 12. The second kappa shape index (κ2) is 35.8. The van der Waals surface area contributed by atoms with E-state index in [9.17, 15) is 0 Å². The van der Waals surface area contributed by atoms with Gasteiger partial charge in [0.1, 0.15) is 16.9 Å². The van der Waals surface area contributed by atoms with E-state index >= 15 is 0 Å². The van der Waals surface area contributed by atoms with Crippen molar-refractivity contribution in [2.45, 2.75) is 0 Å². The number of hydrogen-bond acceptors (Lipinski definition) is 7. The van der Waals surface area contributed by atoms with Crippen LogP contribution in [0, 0.1) is 0 Å². The molecule has 23 aromatic carbocycles. The molecule has 0 aliphatic carbocycles. The molecule has 0 bridgehead atoms. The zero-order valence-electron chi connectivity index (χ0n) is 80.9. The van der Waals surface area contributed by atoms with Crippen LogP contribution in [0.15, 0.2) is 528 Å². The molecule has 0 spiro atoms. The highest BCUT2D eigenvalue weighted by atomic mass is 32.4. The molecule has 150 heavy (non-hydrogen) atoms. The highest BCUT2D eigenvalue weighted by molar-refractivity contribution is 8.26. The van der Waals surface area contributed by atoms with Crippen molar-refractivity contribution in [2.24, 2.45) is 0 Å². The maximum atomic E-state index is 6.87. The first kappa shape index (κ1) is 89.1. The Bertz CT molecular complexity index is 11000. The monoisotopic (exact) mass is 2020 g/mol. The SMILES string of the molecule is S=P(c1ccccc1)(c1ccccc1)c1ccc2c(c1)c1c3ccccc3ccc1c1nc3ccc(-n4c5ccccc5c5ccccc54)cc3n21.S=P(c1ccccc1)(c1ccccc1)c1ccc2c(c1)c1ccc3ccccc3c1c1nc3ccc(-c4cc5ccccc5cn4)cc3n21.S=P(c1ccccc1)(c1ccccc1)c1ccc2c3cc4ccccc4cc3c3nc4ccc(-c5ccc6ccccc6c5)cc4n3c2c1. The Balaban J connectivity index is 0.000000106. The summed E-state index contributed by atoms with van der Waals surface area (Å²) >= 11 is 20.5. The molecule has 0 saturated heterocycles. The molecular formula is C136H87N8P3S3. The topological polar surface area (TPSA) is 69.7 Å². The van der Waals surface area contributed by atoms with E-state index in [0.29, 0.717) is 0 Å². The van der Waals surface area contributed by atoms with Gasteiger partial charge in [0, 0.05) is 89.4 Å². The van der Waals surface area contributed by atoms with E-state index in [1.165, 1.54) is 161 Å². The van der Waals surface area contributed by atoms with Crippen LogP contribution >= 0.6 is 18.1 Å². The summed E-state index contributed by atoms with van der Waals surface area (Å²) in [5.74, 6) is 0. The standard InChI is InChI=1S/C47H30N3PS.C45H29N2PS.C44H28N3PS/c52-51(33-14-3-1-4-15-33,34-16-5-2-6-17-34)35-25-28-44-40(30-35)46-36-18-8-7-13-31(36)23-26-39(46)47-48-41-27-24-32(29-45(41)50(44)47)49-42-21-11-9-19-37(42)38-20-10-12-22-43(38)49;49-48(36-15-3-1-4-16-36,37-17-5-2-6-18-37)38-22-23-39-40-26-32-13-9-10-14-33(32)27-41(40)45-46-42-24-21-35(28-44(42)47(45)43(39)29-38)34-20-19-30-11-7-8-12-31(30)25-34;49-48(33-14-3-1-4-15-33,34-16-5-2-6-17-34)35-21-24-41-38(27-35)37-22-19-29-11-9-10-18-36(29)43(37)44-46-39-23-20-31(26-42(39)47(41)44)40-25-30-12-7-8-13-32(30)28-45-40/h1-30H;1-29H;1-28H. The van der Waals surface area contributed by atoms with Gasteiger partial charge in [-0.05, 0) is 233 Å². The Labute approximate surface area is 878 Å². The quantitative estimate of drug-likeness (QED) is 0.0686. The van der Waals surface area contributed by atoms with Crippen LogP contribution in [0.3, 0.4) is 0 Å². The Morgan fingerprint density at radius 1 is 0.173 bits per heavy atom. The number of pyridine rings is 4. The number of imidazole rings is 3. The summed E-state index contributed by atoms with van der Waals surface area (Å²) in [7, 11) is 0. The number of nitrogens with zero attached hydrogens (tertiary/aromatic N) is 8. The highest BCUT2D eigenvalue weighted by Crippen LogP contribution is 2.51. The first-order valence-corrected chi connectivity index (χ1v) is 59.0. The van der Waals surface area contributed by atoms with Gasteiger partial charge < -0.3 is 4.57 Å². The average Bonchev–Trinajstić information content (AvgIpc) is 1.51. The van der Waals surface area contributed by atoms with Gasteiger partial charge in [-0.2, -0.15) is 0 Å². The number of hydrogen-bond donors (Lipinski definition) is 0. The van der Waals surface area contributed by atoms with Crippen LogP contribution in [0.25, 0.3) is 219 Å². The summed E-state index contributed by atoms with van der Waals surface area (Å²) in [6.45, 7) is 0.